The quantitative estimate of drug-likeness (QED) is 0.656. The zero-order valence-corrected chi connectivity index (χ0v) is 10.3. The molecule has 0 bridgehead atoms. The summed E-state index contributed by atoms with van der Waals surface area (Å²) in [4.78, 5) is 4.00. The molecule has 2 rings (SSSR count). The van der Waals surface area contributed by atoms with E-state index in [0.29, 0.717) is 22.9 Å². The summed E-state index contributed by atoms with van der Waals surface area (Å²) < 4.78 is 5.62. The Morgan fingerprint density at radius 1 is 1.39 bits per heavy atom. The number of hydrogen-bond donors (Lipinski definition) is 2. The van der Waals surface area contributed by atoms with Crippen LogP contribution in [0.1, 0.15) is 11.1 Å². The molecular weight excluding hydrogens is 250 g/mol. The molecule has 0 atom stereocenters. The maximum absolute atomic E-state index is 7.47. The van der Waals surface area contributed by atoms with Crippen molar-refractivity contribution in [3.05, 3.63) is 58.9 Å². The van der Waals surface area contributed by atoms with Gasteiger partial charge in [-0.2, -0.15) is 0 Å². The van der Waals surface area contributed by atoms with Crippen molar-refractivity contribution in [2.45, 2.75) is 6.61 Å². The molecule has 4 nitrogen and oxygen atoms in total. The Morgan fingerprint density at radius 2 is 2.22 bits per heavy atom. The number of nitrogens with zero attached hydrogens (tertiary/aromatic N) is 1. The van der Waals surface area contributed by atoms with Crippen LogP contribution in [0.3, 0.4) is 0 Å². The van der Waals surface area contributed by atoms with Crippen molar-refractivity contribution in [3.63, 3.8) is 0 Å². The number of halogens is 1. The second-order valence-corrected chi connectivity index (χ2v) is 4.14. The monoisotopic (exact) mass is 261 g/mol. The number of pyridine rings is 1. The van der Waals surface area contributed by atoms with Gasteiger partial charge < -0.3 is 10.5 Å². The minimum Gasteiger partial charge on any atom is -0.488 e. The second-order valence-electron chi connectivity index (χ2n) is 3.70. The number of aromatic nitrogens is 1. The lowest BCUT2D eigenvalue weighted by molar-refractivity contribution is 0.305. The summed E-state index contributed by atoms with van der Waals surface area (Å²) in [5.74, 6) is 0.451. The van der Waals surface area contributed by atoms with Crippen LogP contribution in [-0.4, -0.2) is 10.8 Å². The van der Waals surface area contributed by atoms with Crippen LogP contribution < -0.4 is 10.5 Å². The van der Waals surface area contributed by atoms with Crippen LogP contribution in [0.25, 0.3) is 0 Å². The van der Waals surface area contributed by atoms with Crippen LogP contribution in [0.2, 0.25) is 5.02 Å². The van der Waals surface area contributed by atoms with Crippen LogP contribution in [0.15, 0.2) is 42.7 Å². The molecule has 92 valence electrons. The van der Waals surface area contributed by atoms with Gasteiger partial charge in [0, 0.05) is 23.0 Å². The molecule has 0 amide bonds. The number of nitrogen functional groups attached to an aromatic ring is 1. The molecule has 2 aromatic rings. The van der Waals surface area contributed by atoms with Gasteiger partial charge in [0.2, 0.25) is 0 Å². The molecule has 0 aliphatic rings. The molecule has 1 heterocycles. The zero-order chi connectivity index (χ0) is 13.0. The predicted octanol–water partition coefficient (Wildman–Crippen LogP) is 2.60. The average Bonchev–Trinajstić information content (AvgIpc) is 2.37. The first-order valence-electron chi connectivity index (χ1n) is 5.32. The summed E-state index contributed by atoms with van der Waals surface area (Å²) in [6, 6.07) is 8.74. The third-order valence-electron chi connectivity index (χ3n) is 2.35. The van der Waals surface area contributed by atoms with Crippen molar-refractivity contribution in [1.82, 2.24) is 4.98 Å². The lowest BCUT2D eigenvalue weighted by atomic mass is 10.2. The van der Waals surface area contributed by atoms with Gasteiger partial charge in [-0.1, -0.05) is 17.7 Å². The Hall–Kier alpha value is -2.07. The summed E-state index contributed by atoms with van der Waals surface area (Å²) in [6.07, 6.45) is 3.42. The van der Waals surface area contributed by atoms with Gasteiger partial charge in [0.15, 0.2) is 0 Å². The molecule has 0 saturated carbocycles. The Balaban J connectivity index is 2.18. The van der Waals surface area contributed by atoms with E-state index in [0.717, 1.165) is 5.56 Å². The van der Waals surface area contributed by atoms with Crippen LogP contribution in [0.4, 0.5) is 0 Å². The number of ether oxygens (including phenoxy) is 1. The number of benzene rings is 1. The van der Waals surface area contributed by atoms with E-state index in [9.17, 15) is 0 Å². The fourth-order valence-electron chi connectivity index (χ4n) is 1.48. The van der Waals surface area contributed by atoms with Crippen molar-refractivity contribution in [2.24, 2.45) is 5.73 Å². The first-order chi connectivity index (χ1) is 8.66. The highest BCUT2D eigenvalue weighted by Crippen LogP contribution is 2.23. The van der Waals surface area contributed by atoms with Crippen LogP contribution in [0.5, 0.6) is 5.75 Å². The van der Waals surface area contributed by atoms with E-state index in [4.69, 9.17) is 27.5 Å². The molecule has 18 heavy (non-hydrogen) atoms. The summed E-state index contributed by atoms with van der Waals surface area (Å²) in [6.45, 7) is 0.356. The van der Waals surface area contributed by atoms with E-state index >= 15 is 0 Å². The fourth-order valence-corrected chi connectivity index (χ4v) is 1.64. The smallest absolute Gasteiger partial charge is 0.132 e. The Labute approximate surface area is 110 Å². The average molecular weight is 262 g/mol. The van der Waals surface area contributed by atoms with Crippen molar-refractivity contribution in [1.29, 1.82) is 5.41 Å². The van der Waals surface area contributed by atoms with E-state index < -0.39 is 0 Å². The topological polar surface area (TPSA) is 72.0 Å². The van der Waals surface area contributed by atoms with E-state index in [-0.39, 0.29) is 5.84 Å². The summed E-state index contributed by atoms with van der Waals surface area (Å²) in [7, 11) is 0. The molecule has 0 fully saturated rings. The summed E-state index contributed by atoms with van der Waals surface area (Å²) in [5, 5.41) is 8.01. The third kappa shape index (κ3) is 2.99. The first kappa shape index (κ1) is 12.4. The molecule has 3 N–H and O–H groups in total. The van der Waals surface area contributed by atoms with Gasteiger partial charge in [-0.3, -0.25) is 10.4 Å². The highest BCUT2D eigenvalue weighted by Gasteiger charge is 2.07. The molecule has 0 radical (unpaired) electrons. The normalized spacial score (nSPS) is 10.1. The van der Waals surface area contributed by atoms with Crippen LogP contribution in [-0.2, 0) is 6.61 Å². The first-order valence-corrected chi connectivity index (χ1v) is 5.70. The van der Waals surface area contributed by atoms with Crippen molar-refractivity contribution in [2.75, 3.05) is 0 Å². The Morgan fingerprint density at radius 3 is 2.89 bits per heavy atom. The number of nitrogens with two attached hydrogens (primary N) is 1. The van der Waals surface area contributed by atoms with E-state index in [1.54, 1.807) is 30.6 Å². The largest absolute Gasteiger partial charge is 0.488 e. The number of nitrogens with one attached hydrogen (secondary N) is 1. The molecule has 0 aliphatic heterocycles. The maximum atomic E-state index is 7.47. The predicted molar refractivity (Wildman–Crippen MR) is 71.0 cm³/mol. The highest BCUT2D eigenvalue weighted by molar-refractivity contribution is 6.30. The van der Waals surface area contributed by atoms with Gasteiger partial charge in [-0.05, 0) is 24.3 Å². The lowest BCUT2D eigenvalue weighted by Crippen LogP contribution is -2.13. The van der Waals surface area contributed by atoms with E-state index in [2.05, 4.69) is 4.98 Å². The van der Waals surface area contributed by atoms with Crippen LogP contribution in [0, 0.1) is 5.41 Å². The molecule has 0 unspecified atom stereocenters. The number of amidine groups is 1. The Kier molecular flexibility index (Phi) is 3.79. The minimum absolute atomic E-state index is 0.0483. The van der Waals surface area contributed by atoms with Crippen molar-refractivity contribution < 1.29 is 4.74 Å². The molecule has 0 aliphatic carbocycles. The molecule has 1 aromatic carbocycles. The standard InChI is InChI=1S/C13H12ClN3O/c14-10-3-4-11(13(15)16)12(6-10)18-8-9-2-1-5-17-7-9/h1-7H,8H2,(H3,15,16). The molecule has 1 aromatic heterocycles. The van der Waals surface area contributed by atoms with Gasteiger partial charge in [0.05, 0.1) is 5.56 Å². The van der Waals surface area contributed by atoms with Gasteiger partial charge in [0.25, 0.3) is 0 Å². The summed E-state index contributed by atoms with van der Waals surface area (Å²) in [5.41, 5.74) is 6.95. The second kappa shape index (κ2) is 5.51. The molecule has 5 heteroatoms. The van der Waals surface area contributed by atoms with Gasteiger partial charge in [0.1, 0.15) is 18.2 Å². The van der Waals surface area contributed by atoms with Crippen molar-refractivity contribution >= 4 is 17.4 Å². The summed E-state index contributed by atoms with van der Waals surface area (Å²) >= 11 is 5.90. The van der Waals surface area contributed by atoms with E-state index in [1.165, 1.54) is 0 Å². The molecular formula is C13H12ClN3O. The molecule has 0 saturated heterocycles. The van der Waals surface area contributed by atoms with Crippen LogP contribution >= 0.6 is 11.6 Å². The van der Waals surface area contributed by atoms with Gasteiger partial charge in [-0.25, -0.2) is 0 Å². The fraction of sp³-hybridized carbons (Fsp3) is 0.0769. The number of hydrogen-bond acceptors (Lipinski definition) is 3. The van der Waals surface area contributed by atoms with E-state index in [1.807, 2.05) is 12.1 Å². The Bertz CT molecular complexity index is 557. The third-order valence-corrected chi connectivity index (χ3v) is 2.59. The molecule has 0 spiro atoms. The lowest BCUT2D eigenvalue weighted by Gasteiger charge is -2.10. The SMILES string of the molecule is N=C(N)c1ccc(Cl)cc1OCc1cccnc1. The highest BCUT2D eigenvalue weighted by atomic mass is 35.5. The minimum atomic E-state index is -0.0483. The van der Waals surface area contributed by atoms with Gasteiger partial charge in [-0.15, -0.1) is 0 Å². The van der Waals surface area contributed by atoms with Gasteiger partial charge >= 0.3 is 0 Å². The zero-order valence-electron chi connectivity index (χ0n) is 9.56. The number of rotatable bonds is 4. The van der Waals surface area contributed by atoms with Crippen molar-refractivity contribution in [3.8, 4) is 5.75 Å². The maximum Gasteiger partial charge on any atom is 0.132 e.